The lowest BCUT2D eigenvalue weighted by Gasteiger charge is -2.39. The van der Waals surface area contributed by atoms with Crippen molar-refractivity contribution < 1.29 is 4.79 Å². The molecule has 0 unspecified atom stereocenters. The minimum absolute atomic E-state index is 0.0732. The SMILES string of the molecule is Cc1ccc(N(C(=O)c2ccccc2)C2CCN(Cc3ccccc3Cl)CC2)cc1. The number of rotatable bonds is 5. The Kier molecular flexibility index (Phi) is 6.51. The van der Waals surface area contributed by atoms with E-state index < -0.39 is 0 Å². The van der Waals surface area contributed by atoms with Gasteiger partial charge in [0.25, 0.3) is 5.91 Å². The summed E-state index contributed by atoms with van der Waals surface area (Å²) in [5.74, 6) is 0.0732. The molecule has 0 bridgehead atoms. The van der Waals surface area contributed by atoms with Crippen LogP contribution in [0.4, 0.5) is 5.69 Å². The Labute approximate surface area is 183 Å². The average molecular weight is 419 g/mol. The quantitative estimate of drug-likeness (QED) is 0.510. The van der Waals surface area contributed by atoms with Crippen molar-refractivity contribution in [2.75, 3.05) is 18.0 Å². The molecule has 3 aromatic carbocycles. The number of hydrogen-bond acceptors (Lipinski definition) is 2. The molecule has 0 spiro atoms. The number of carbonyl (C=O) groups is 1. The van der Waals surface area contributed by atoms with Gasteiger partial charge in [-0.15, -0.1) is 0 Å². The summed E-state index contributed by atoms with van der Waals surface area (Å²) in [4.78, 5) is 17.9. The molecule has 0 N–H and O–H groups in total. The Morgan fingerprint density at radius 1 is 0.933 bits per heavy atom. The summed E-state index contributed by atoms with van der Waals surface area (Å²) in [6.45, 7) is 4.81. The summed E-state index contributed by atoms with van der Waals surface area (Å²) in [6.07, 6.45) is 1.88. The van der Waals surface area contributed by atoms with Gasteiger partial charge in [0.05, 0.1) is 0 Å². The Hall–Kier alpha value is -2.62. The number of hydrogen-bond donors (Lipinski definition) is 0. The Morgan fingerprint density at radius 3 is 2.23 bits per heavy atom. The van der Waals surface area contributed by atoms with E-state index in [1.54, 1.807) is 0 Å². The summed E-state index contributed by atoms with van der Waals surface area (Å²) in [6, 6.07) is 26.1. The molecular formula is C26H27ClN2O. The van der Waals surface area contributed by atoms with Gasteiger partial charge in [-0.05, 0) is 55.7 Å². The van der Waals surface area contributed by atoms with Crippen LogP contribution in [0.15, 0.2) is 78.9 Å². The summed E-state index contributed by atoms with van der Waals surface area (Å²) < 4.78 is 0. The van der Waals surface area contributed by atoms with E-state index in [0.29, 0.717) is 0 Å². The normalized spacial score (nSPS) is 15.1. The van der Waals surface area contributed by atoms with Crippen LogP contribution in [-0.2, 0) is 6.54 Å². The molecule has 0 aliphatic carbocycles. The fourth-order valence-corrected chi connectivity index (χ4v) is 4.32. The summed E-state index contributed by atoms with van der Waals surface area (Å²) in [7, 11) is 0. The monoisotopic (exact) mass is 418 g/mol. The number of halogens is 1. The van der Waals surface area contributed by atoms with Crippen LogP contribution in [0, 0.1) is 6.92 Å². The van der Waals surface area contributed by atoms with Crippen LogP contribution in [0.3, 0.4) is 0 Å². The van der Waals surface area contributed by atoms with Crippen LogP contribution < -0.4 is 4.90 Å². The third-order valence-electron chi connectivity index (χ3n) is 5.83. The van der Waals surface area contributed by atoms with E-state index in [1.807, 2.05) is 53.4 Å². The second-order valence-corrected chi connectivity index (χ2v) is 8.38. The van der Waals surface area contributed by atoms with Gasteiger partial charge in [0.2, 0.25) is 0 Å². The van der Waals surface area contributed by atoms with E-state index >= 15 is 0 Å². The highest BCUT2D eigenvalue weighted by Gasteiger charge is 2.30. The molecule has 30 heavy (non-hydrogen) atoms. The van der Waals surface area contributed by atoms with Crippen molar-refractivity contribution in [3.05, 3.63) is 101 Å². The first-order valence-electron chi connectivity index (χ1n) is 10.5. The van der Waals surface area contributed by atoms with Gasteiger partial charge in [-0.25, -0.2) is 0 Å². The maximum absolute atomic E-state index is 13.4. The smallest absolute Gasteiger partial charge is 0.258 e. The van der Waals surface area contributed by atoms with Crippen LogP contribution in [0.1, 0.15) is 34.3 Å². The molecular weight excluding hydrogens is 392 g/mol. The third-order valence-corrected chi connectivity index (χ3v) is 6.19. The van der Waals surface area contributed by atoms with Gasteiger partial charge in [-0.3, -0.25) is 9.69 Å². The molecule has 4 heteroatoms. The lowest BCUT2D eigenvalue weighted by molar-refractivity contribution is 0.0958. The zero-order chi connectivity index (χ0) is 20.9. The number of amides is 1. The Bertz CT molecular complexity index is 979. The van der Waals surface area contributed by atoms with Crippen molar-refractivity contribution in [2.24, 2.45) is 0 Å². The van der Waals surface area contributed by atoms with Gasteiger partial charge in [-0.2, -0.15) is 0 Å². The maximum atomic E-state index is 13.4. The minimum Gasteiger partial charge on any atom is -0.305 e. The fourth-order valence-electron chi connectivity index (χ4n) is 4.12. The summed E-state index contributed by atoms with van der Waals surface area (Å²) in [5, 5.41) is 0.820. The van der Waals surface area contributed by atoms with Gasteiger partial charge in [0.15, 0.2) is 0 Å². The van der Waals surface area contributed by atoms with E-state index in [4.69, 9.17) is 11.6 Å². The predicted octanol–water partition coefficient (Wildman–Crippen LogP) is 5.96. The van der Waals surface area contributed by atoms with Crippen molar-refractivity contribution in [2.45, 2.75) is 32.4 Å². The van der Waals surface area contributed by atoms with Gasteiger partial charge in [0, 0.05) is 41.9 Å². The van der Waals surface area contributed by atoms with E-state index in [1.165, 1.54) is 5.56 Å². The van der Waals surface area contributed by atoms with Crippen LogP contribution in [0.5, 0.6) is 0 Å². The molecule has 1 heterocycles. The molecule has 1 aliphatic heterocycles. The molecule has 0 aromatic heterocycles. The third kappa shape index (κ3) is 4.75. The standard InChI is InChI=1S/C26H27ClN2O/c1-20-11-13-23(14-12-20)29(26(30)21-7-3-2-4-8-21)24-15-17-28(18-16-24)19-22-9-5-6-10-25(22)27/h2-14,24H,15-19H2,1H3. The highest BCUT2D eigenvalue weighted by Crippen LogP contribution is 2.27. The predicted molar refractivity (Wildman–Crippen MR) is 124 cm³/mol. The lowest BCUT2D eigenvalue weighted by atomic mass is 10.00. The molecule has 1 fully saturated rings. The molecule has 3 aromatic rings. The first-order valence-corrected chi connectivity index (χ1v) is 10.9. The number of likely N-dealkylation sites (tertiary alicyclic amines) is 1. The van der Waals surface area contributed by atoms with E-state index in [-0.39, 0.29) is 11.9 Å². The van der Waals surface area contributed by atoms with Crippen molar-refractivity contribution in [1.29, 1.82) is 0 Å². The second-order valence-electron chi connectivity index (χ2n) is 7.98. The molecule has 1 aliphatic rings. The number of anilines is 1. The van der Waals surface area contributed by atoms with Crippen LogP contribution >= 0.6 is 11.6 Å². The van der Waals surface area contributed by atoms with Crippen molar-refractivity contribution in [3.63, 3.8) is 0 Å². The van der Waals surface area contributed by atoms with Crippen molar-refractivity contribution in [3.8, 4) is 0 Å². The number of aryl methyl sites for hydroxylation is 1. The summed E-state index contributed by atoms with van der Waals surface area (Å²) >= 11 is 6.35. The second kappa shape index (κ2) is 9.46. The minimum atomic E-state index is 0.0732. The van der Waals surface area contributed by atoms with E-state index in [2.05, 4.69) is 42.2 Å². The van der Waals surface area contributed by atoms with Gasteiger partial charge in [0.1, 0.15) is 0 Å². The molecule has 4 rings (SSSR count). The molecule has 0 atom stereocenters. The average Bonchev–Trinajstić information content (AvgIpc) is 2.78. The van der Waals surface area contributed by atoms with E-state index in [9.17, 15) is 4.79 Å². The molecule has 0 radical (unpaired) electrons. The number of benzene rings is 3. The Morgan fingerprint density at radius 2 is 1.57 bits per heavy atom. The van der Waals surface area contributed by atoms with Gasteiger partial charge >= 0.3 is 0 Å². The van der Waals surface area contributed by atoms with Gasteiger partial charge in [-0.1, -0.05) is 65.7 Å². The number of nitrogens with zero attached hydrogens (tertiary/aromatic N) is 2. The van der Waals surface area contributed by atoms with Crippen molar-refractivity contribution in [1.82, 2.24) is 4.90 Å². The molecule has 1 saturated heterocycles. The highest BCUT2D eigenvalue weighted by molar-refractivity contribution is 6.31. The highest BCUT2D eigenvalue weighted by atomic mass is 35.5. The maximum Gasteiger partial charge on any atom is 0.258 e. The molecule has 3 nitrogen and oxygen atoms in total. The zero-order valence-corrected chi connectivity index (χ0v) is 18.1. The van der Waals surface area contributed by atoms with Crippen LogP contribution in [0.2, 0.25) is 5.02 Å². The molecule has 1 amide bonds. The first-order chi connectivity index (χ1) is 14.6. The fraction of sp³-hybridized carbons (Fsp3) is 0.269. The number of carbonyl (C=O) groups excluding carboxylic acids is 1. The molecule has 154 valence electrons. The molecule has 0 saturated carbocycles. The lowest BCUT2D eigenvalue weighted by Crippen LogP contribution is -2.47. The number of piperidine rings is 1. The van der Waals surface area contributed by atoms with Crippen LogP contribution in [0.25, 0.3) is 0 Å². The zero-order valence-electron chi connectivity index (χ0n) is 17.3. The largest absolute Gasteiger partial charge is 0.305 e. The van der Waals surface area contributed by atoms with Crippen LogP contribution in [-0.4, -0.2) is 29.9 Å². The van der Waals surface area contributed by atoms with Gasteiger partial charge < -0.3 is 4.90 Å². The van der Waals surface area contributed by atoms with Crippen molar-refractivity contribution >= 4 is 23.2 Å². The topological polar surface area (TPSA) is 23.6 Å². The first kappa shape index (κ1) is 20.6. The van der Waals surface area contributed by atoms with E-state index in [0.717, 1.165) is 54.3 Å². The summed E-state index contributed by atoms with van der Waals surface area (Å²) in [5.41, 5.74) is 4.06. The Balaban J connectivity index is 1.51.